The SMILES string of the molecule is C[C@@]1(C(N)=O)C[C@@H]2C=C[C@H]1CC2. The van der Waals surface area contributed by atoms with Gasteiger partial charge in [-0.1, -0.05) is 19.1 Å². The fraction of sp³-hybridized carbons (Fsp3) is 0.700. The minimum atomic E-state index is -0.252. The Kier molecular flexibility index (Phi) is 1.53. The first kappa shape index (κ1) is 7.84. The van der Waals surface area contributed by atoms with Gasteiger partial charge in [0.25, 0.3) is 0 Å². The van der Waals surface area contributed by atoms with E-state index in [9.17, 15) is 4.79 Å². The number of carbonyl (C=O) groups excluding carboxylic acids is 1. The zero-order chi connectivity index (χ0) is 8.77. The van der Waals surface area contributed by atoms with Gasteiger partial charge in [0, 0.05) is 0 Å². The van der Waals surface area contributed by atoms with Crippen molar-refractivity contribution in [3.8, 4) is 0 Å². The fourth-order valence-electron chi connectivity index (χ4n) is 2.56. The van der Waals surface area contributed by atoms with Crippen molar-refractivity contribution in [1.82, 2.24) is 0 Å². The molecule has 3 rings (SSSR count). The second-order valence-corrected chi connectivity index (χ2v) is 4.31. The van der Waals surface area contributed by atoms with Gasteiger partial charge in [0.05, 0.1) is 5.41 Å². The van der Waals surface area contributed by atoms with Gasteiger partial charge >= 0.3 is 0 Å². The largest absolute Gasteiger partial charge is 0.369 e. The number of fused-ring (bicyclic) bond motifs is 2. The van der Waals surface area contributed by atoms with E-state index in [1.165, 1.54) is 6.42 Å². The molecule has 3 aliphatic rings. The molecule has 2 nitrogen and oxygen atoms in total. The Labute approximate surface area is 72.8 Å². The highest BCUT2D eigenvalue weighted by molar-refractivity contribution is 5.81. The standard InChI is InChI=1S/C10H15NO/c1-10(9(11)12)6-7-2-4-8(10)5-3-7/h2,4,7-8H,3,5-6H2,1H3,(H2,11,12)/t7-,8+,10-/m1/s1. The second kappa shape index (κ2) is 2.35. The lowest BCUT2D eigenvalue weighted by molar-refractivity contribution is -0.131. The maximum absolute atomic E-state index is 11.3. The molecule has 12 heavy (non-hydrogen) atoms. The third kappa shape index (κ3) is 0.904. The Hall–Kier alpha value is -0.790. The fourth-order valence-corrected chi connectivity index (χ4v) is 2.56. The van der Waals surface area contributed by atoms with Crippen LogP contribution in [0.15, 0.2) is 12.2 Å². The maximum Gasteiger partial charge on any atom is 0.223 e. The molecule has 0 saturated heterocycles. The monoisotopic (exact) mass is 165 g/mol. The first-order chi connectivity index (χ1) is 5.63. The topological polar surface area (TPSA) is 43.1 Å². The number of hydrogen-bond donors (Lipinski definition) is 1. The summed E-state index contributed by atoms with van der Waals surface area (Å²) in [6.45, 7) is 2.01. The van der Waals surface area contributed by atoms with Gasteiger partial charge in [-0.25, -0.2) is 0 Å². The van der Waals surface area contributed by atoms with Crippen LogP contribution in [0, 0.1) is 17.3 Å². The van der Waals surface area contributed by atoms with Crippen LogP contribution in [0.25, 0.3) is 0 Å². The molecular weight excluding hydrogens is 150 g/mol. The van der Waals surface area contributed by atoms with Crippen molar-refractivity contribution in [3.05, 3.63) is 12.2 Å². The van der Waals surface area contributed by atoms with Crippen molar-refractivity contribution >= 4 is 5.91 Å². The summed E-state index contributed by atoms with van der Waals surface area (Å²) in [6.07, 6.45) is 7.77. The van der Waals surface area contributed by atoms with Crippen molar-refractivity contribution in [2.75, 3.05) is 0 Å². The Morgan fingerprint density at radius 2 is 2.25 bits per heavy atom. The highest BCUT2D eigenvalue weighted by Gasteiger charge is 2.45. The molecule has 3 aliphatic carbocycles. The summed E-state index contributed by atoms with van der Waals surface area (Å²) in [5, 5.41) is 0. The van der Waals surface area contributed by atoms with Crippen molar-refractivity contribution in [3.63, 3.8) is 0 Å². The van der Waals surface area contributed by atoms with Crippen LogP contribution < -0.4 is 5.73 Å². The third-order valence-corrected chi connectivity index (χ3v) is 3.53. The van der Waals surface area contributed by atoms with Gasteiger partial charge in [-0.3, -0.25) is 4.79 Å². The summed E-state index contributed by atoms with van der Waals surface area (Å²) in [7, 11) is 0. The molecule has 0 aromatic carbocycles. The van der Waals surface area contributed by atoms with Crippen molar-refractivity contribution in [2.24, 2.45) is 23.0 Å². The van der Waals surface area contributed by atoms with Gasteiger partial charge in [-0.05, 0) is 31.1 Å². The molecule has 1 saturated carbocycles. The normalized spacial score (nSPS) is 44.8. The molecule has 2 heteroatoms. The van der Waals surface area contributed by atoms with Crippen molar-refractivity contribution in [2.45, 2.75) is 26.2 Å². The average Bonchev–Trinajstić information content (AvgIpc) is 2.05. The van der Waals surface area contributed by atoms with E-state index in [2.05, 4.69) is 12.2 Å². The van der Waals surface area contributed by atoms with Crippen LogP contribution in [-0.4, -0.2) is 5.91 Å². The van der Waals surface area contributed by atoms with Crippen LogP contribution in [0.5, 0.6) is 0 Å². The Morgan fingerprint density at radius 1 is 1.50 bits per heavy atom. The molecule has 1 fully saturated rings. The Balaban J connectivity index is 2.31. The van der Waals surface area contributed by atoms with E-state index in [0.29, 0.717) is 11.8 Å². The van der Waals surface area contributed by atoms with Crippen LogP contribution in [0.2, 0.25) is 0 Å². The highest BCUT2D eigenvalue weighted by atomic mass is 16.1. The predicted octanol–water partition coefficient (Wildman–Crippen LogP) is 1.46. The second-order valence-electron chi connectivity index (χ2n) is 4.31. The number of nitrogens with two attached hydrogens (primary N) is 1. The van der Waals surface area contributed by atoms with Crippen molar-refractivity contribution < 1.29 is 4.79 Å². The van der Waals surface area contributed by atoms with E-state index in [-0.39, 0.29) is 11.3 Å². The number of carbonyl (C=O) groups is 1. The smallest absolute Gasteiger partial charge is 0.223 e. The summed E-state index contributed by atoms with van der Waals surface area (Å²) in [4.78, 5) is 11.3. The van der Waals surface area contributed by atoms with Gasteiger partial charge in [-0.2, -0.15) is 0 Å². The molecule has 0 unspecified atom stereocenters. The first-order valence-electron chi connectivity index (χ1n) is 4.61. The molecular formula is C10H15NO. The van der Waals surface area contributed by atoms with E-state index in [0.717, 1.165) is 12.8 Å². The number of rotatable bonds is 1. The van der Waals surface area contributed by atoms with E-state index >= 15 is 0 Å². The Bertz CT molecular complexity index is 246. The molecule has 0 aromatic heterocycles. The summed E-state index contributed by atoms with van der Waals surface area (Å²) < 4.78 is 0. The van der Waals surface area contributed by atoms with E-state index in [1.54, 1.807) is 0 Å². The number of allylic oxidation sites excluding steroid dienone is 2. The van der Waals surface area contributed by atoms with Crippen molar-refractivity contribution in [1.29, 1.82) is 0 Å². The number of primary amides is 1. The van der Waals surface area contributed by atoms with Crippen LogP contribution in [0.3, 0.4) is 0 Å². The van der Waals surface area contributed by atoms with Gasteiger partial charge in [0.15, 0.2) is 0 Å². The minimum absolute atomic E-state index is 0.124. The van der Waals surface area contributed by atoms with Crippen LogP contribution in [0.4, 0.5) is 0 Å². The molecule has 3 atom stereocenters. The zero-order valence-electron chi connectivity index (χ0n) is 7.42. The maximum atomic E-state index is 11.3. The first-order valence-corrected chi connectivity index (χ1v) is 4.61. The van der Waals surface area contributed by atoms with Crippen LogP contribution in [0.1, 0.15) is 26.2 Å². The average molecular weight is 165 g/mol. The van der Waals surface area contributed by atoms with E-state index < -0.39 is 0 Å². The quantitative estimate of drug-likeness (QED) is 0.587. The van der Waals surface area contributed by atoms with Gasteiger partial charge in [-0.15, -0.1) is 0 Å². The Morgan fingerprint density at radius 3 is 2.50 bits per heavy atom. The lowest BCUT2D eigenvalue weighted by Crippen LogP contribution is -2.46. The molecule has 0 aliphatic heterocycles. The predicted molar refractivity (Wildman–Crippen MR) is 47.3 cm³/mol. The molecule has 2 N–H and O–H groups in total. The third-order valence-electron chi connectivity index (χ3n) is 3.53. The van der Waals surface area contributed by atoms with Crippen LogP contribution in [-0.2, 0) is 4.79 Å². The molecule has 1 amide bonds. The van der Waals surface area contributed by atoms with Crippen LogP contribution >= 0.6 is 0 Å². The van der Waals surface area contributed by atoms with Gasteiger partial charge in [0.1, 0.15) is 0 Å². The van der Waals surface area contributed by atoms with E-state index in [1.807, 2.05) is 6.92 Å². The molecule has 0 aromatic rings. The summed E-state index contributed by atoms with van der Waals surface area (Å²) in [6, 6.07) is 0. The number of amides is 1. The molecule has 0 radical (unpaired) electrons. The van der Waals surface area contributed by atoms with Gasteiger partial charge < -0.3 is 5.73 Å². The minimum Gasteiger partial charge on any atom is -0.369 e. The summed E-state index contributed by atoms with van der Waals surface area (Å²) in [5.74, 6) is 0.883. The molecule has 0 spiro atoms. The summed E-state index contributed by atoms with van der Waals surface area (Å²) >= 11 is 0. The van der Waals surface area contributed by atoms with Gasteiger partial charge in [0.2, 0.25) is 5.91 Å². The molecule has 0 heterocycles. The molecule has 66 valence electrons. The summed E-state index contributed by atoms with van der Waals surface area (Å²) in [5.41, 5.74) is 5.16. The lowest BCUT2D eigenvalue weighted by atomic mass is 9.60. The zero-order valence-corrected chi connectivity index (χ0v) is 7.42. The van der Waals surface area contributed by atoms with E-state index in [4.69, 9.17) is 5.73 Å². The lowest BCUT2D eigenvalue weighted by Gasteiger charge is -2.44. The molecule has 2 bridgehead atoms. The number of hydrogen-bond acceptors (Lipinski definition) is 1. The highest BCUT2D eigenvalue weighted by Crippen LogP contribution is 2.48.